The van der Waals surface area contributed by atoms with Gasteiger partial charge in [0.1, 0.15) is 11.5 Å². The van der Waals surface area contributed by atoms with E-state index in [1.54, 1.807) is 0 Å². The molecular weight excluding hydrogens is 312 g/mol. The van der Waals surface area contributed by atoms with Gasteiger partial charge in [-0.25, -0.2) is 4.98 Å². The van der Waals surface area contributed by atoms with Gasteiger partial charge >= 0.3 is 0 Å². The molecule has 124 valence electrons. The van der Waals surface area contributed by atoms with Gasteiger partial charge in [-0.2, -0.15) is 0 Å². The number of amides is 1. The van der Waals surface area contributed by atoms with Crippen molar-refractivity contribution < 1.29 is 4.79 Å². The molecule has 0 saturated carbocycles. The van der Waals surface area contributed by atoms with Crippen molar-refractivity contribution in [2.45, 2.75) is 13.1 Å². The molecule has 5 heteroatoms. The van der Waals surface area contributed by atoms with Gasteiger partial charge in [0.25, 0.3) is 5.91 Å². The summed E-state index contributed by atoms with van der Waals surface area (Å²) in [5, 5.41) is 2.93. The smallest absolute Gasteiger partial charge is 0.268 e. The van der Waals surface area contributed by atoms with E-state index in [9.17, 15) is 4.79 Å². The highest BCUT2D eigenvalue weighted by atomic mass is 16.1. The van der Waals surface area contributed by atoms with Crippen LogP contribution in [-0.2, 0) is 13.1 Å². The quantitative estimate of drug-likeness (QED) is 0.589. The Kier molecular flexibility index (Phi) is 4.04. The molecule has 1 amide bonds. The van der Waals surface area contributed by atoms with Gasteiger partial charge in [-0.1, -0.05) is 42.5 Å². The van der Waals surface area contributed by atoms with E-state index in [0.717, 1.165) is 22.4 Å². The Morgan fingerprint density at radius 1 is 1.00 bits per heavy atom. The summed E-state index contributed by atoms with van der Waals surface area (Å²) in [6, 6.07) is 21.6. The summed E-state index contributed by atoms with van der Waals surface area (Å²) in [6.07, 6.45) is 1.92. The number of rotatable bonds is 5. The number of carbonyl (C=O) groups excluding carboxylic acids is 1. The average Bonchev–Trinajstić information content (AvgIpc) is 3.27. The SMILES string of the molecule is O=C(NCc1nc2ccccc2[nH]1)c1cccn1Cc1ccccc1. The van der Waals surface area contributed by atoms with Crippen LogP contribution in [0.5, 0.6) is 0 Å². The Morgan fingerprint density at radius 3 is 2.64 bits per heavy atom. The Hall–Kier alpha value is -3.34. The van der Waals surface area contributed by atoms with Crippen molar-refractivity contribution in [2.75, 3.05) is 0 Å². The molecule has 2 heterocycles. The fourth-order valence-electron chi connectivity index (χ4n) is 2.88. The normalized spacial score (nSPS) is 10.9. The number of para-hydroxylation sites is 2. The lowest BCUT2D eigenvalue weighted by Gasteiger charge is -2.09. The second-order valence-electron chi connectivity index (χ2n) is 5.89. The maximum absolute atomic E-state index is 12.5. The fraction of sp³-hybridized carbons (Fsp3) is 0.100. The number of aromatic amines is 1. The molecule has 2 aromatic carbocycles. The van der Waals surface area contributed by atoms with Gasteiger partial charge in [-0.3, -0.25) is 4.79 Å². The van der Waals surface area contributed by atoms with Crippen LogP contribution in [0.1, 0.15) is 21.9 Å². The van der Waals surface area contributed by atoms with Crippen molar-refractivity contribution in [2.24, 2.45) is 0 Å². The predicted octanol–water partition coefficient (Wildman–Crippen LogP) is 3.34. The van der Waals surface area contributed by atoms with E-state index < -0.39 is 0 Å². The number of hydrogen-bond acceptors (Lipinski definition) is 2. The molecule has 2 N–H and O–H groups in total. The first-order chi connectivity index (χ1) is 12.3. The monoisotopic (exact) mass is 330 g/mol. The van der Waals surface area contributed by atoms with Crippen molar-refractivity contribution in [3.63, 3.8) is 0 Å². The van der Waals surface area contributed by atoms with Crippen molar-refractivity contribution in [1.29, 1.82) is 0 Å². The molecule has 0 unspecified atom stereocenters. The third-order valence-electron chi connectivity index (χ3n) is 4.11. The number of nitrogens with one attached hydrogen (secondary N) is 2. The number of H-pyrrole nitrogens is 1. The lowest BCUT2D eigenvalue weighted by Crippen LogP contribution is -2.26. The number of nitrogens with zero attached hydrogens (tertiary/aromatic N) is 2. The third-order valence-corrected chi connectivity index (χ3v) is 4.11. The van der Waals surface area contributed by atoms with E-state index in [4.69, 9.17) is 0 Å². The van der Waals surface area contributed by atoms with Crippen LogP contribution in [-0.4, -0.2) is 20.4 Å². The van der Waals surface area contributed by atoms with Crippen molar-refractivity contribution in [1.82, 2.24) is 19.9 Å². The summed E-state index contributed by atoms with van der Waals surface area (Å²) < 4.78 is 1.95. The minimum absolute atomic E-state index is 0.110. The molecule has 0 aliphatic rings. The Morgan fingerprint density at radius 2 is 1.80 bits per heavy atom. The molecule has 4 rings (SSSR count). The molecular formula is C20H18N4O. The first kappa shape index (κ1) is 15.2. The van der Waals surface area contributed by atoms with E-state index in [1.165, 1.54) is 0 Å². The molecule has 0 spiro atoms. The van der Waals surface area contributed by atoms with E-state index in [2.05, 4.69) is 27.4 Å². The Labute approximate surface area is 145 Å². The van der Waals surface area contributed by atoms with Crippen molar-refractivity contribution in [3.8, 4) is 0 Å². The highest BCUT2D eigenvalue weighted by Gasteiger charge is 2.12. The van der Waals surface area contributed by atoms with E-state index in [0.29, 0.717) is 18.8 Å². The molecule has 0 fully saturated rings. The summed E-state index contributed by atoms with van der Waals surface area (Å²) in [7, 11) is 0. The molecule has 2 aromatic heterocycles. The summed E-state index contributed by atoms with van der Waals surface area (Å²) >= 11 is 0. The van der Waals surface area contributed by atoms with Gasteiger partial charge < -0.3 is 14.9 Å². The number of benzene rings is 2. The van der Waals surface area contributed by atoms with Crippen LogP contribution in [0.4, 0.5) is 0 Å². The van der Waals surface area contributed by atoms with Crippen LogP contribution in [0.15, 0.2) is 72.9 Å². The van der Waals surface area contributed by atoms with Crippen LogP contribution < -0.4 is 5.32 Å². The molecule has 0 bridgehead atoms. The molecule has 0 radical (unpaired) electrons. The minimum Gasteiger partial charge on any atom is -0.344 e. The van der Waals surface area contributed by atoms with Gasteiger partial charge in [-0.05, 0) is 29.8 Å². The lowest BCUT2D eigenvalue weighted by atomic mass is 10.2. The molecule has 25 heavy (non-hydrogen) atoms. The van der Waals surface area contributed by atoms with Crippen LogP contribution in [0, 0.1) is 0 Å². The zero-order valence-corrected chi connectivity index (χ0v) is 13.6. The summed E-state index contributed by atoms with van der Waals surface area (Å²) in [6.45, 7) is 1.03. The second kappa shape index (κ2) is 6.65. The molecule has 5 nitrogen and oxygen atoms in total. The zero-order valence-electron chi connectivity index (χ0n) is 13.6. The van der Waals surface area contributed by atoms with Crippen LogP contribution >= 0.6 is 0 Å². The van der Waals surface area contributed by atoms with Gasteiger partial charge in [0.05, 0.1) is 17.6 Å². The highest BCUT2D eigenvalue weighted by molar-refractivity contribution is 5.92. The molecule has 0 saturated heterocycles. The maximum atomic E-state index is 12.5. The topological polar surface area (TPSA) is 62.7 Å². The first-order valence-electron chi connectivity index (χ1n) is 8.20. The van der Waals surface area contributed by atoms with Gasteiger partial charge in [0.2, 0.25) is 0 Å². The summed E-state index contributed by atoms with van der Waals surface area (Å²) in [5.74, 6) is 0.636. The number of aromatic nitrogens is 3. The number of imidazole rings is 1. The summed E-state index contributed by atoms with van der Waals surface area (Å²) in [5.41, 5.74) is 3.67. The number of fused-ring (bicyclic) bond motifs is 1. The molecule has 0 atom stereocenters. The molecule has 0 aliphatic heterocycles. The van der Waals surface area contributed by atoms with Crippen molar-refractivity contribution >= 4 is 16.9 Å². The highest BCUT2D eigenvalue weighted by Crippen LogP contribution is 2.11. The molecule has 4 aromatic rings. The lowest BCUT2D eigenvalue weighted by molar-refractivity contribution is 0.0941. The Bertz CT molecular complexity index is 968. The largest absolute Gasteiger partial charge is 0.344 e. The number of carbonyl (C=O) groups is 1. The van der Waals surface area contributed by atoms with Gasteiger partial charge in [0.15, 0.2) is 0 Å². The Balaban J connectivity index is 1.45. The van der Waals surface area contributed by atoms with Crippen LogP contribution in [0.25, 0.3) is 11.0 Å². The minimum atomic E-state index is -0.110. The predicted molar refractivity (Wildman–Crippen MR) is 97.2 cm³/mol. The summed E-state index contributed by atoms with van der Waals surface area (Å²) in [4.78, 5) is 20.2. The number of hydrogen-bond donors (Lipinski definition) is 2. The molecule has 0 aliphatic carbocycles. The van der Waals surface area contributed by atoms with E-state index in [1.807, 2.05) is 65.4 Å². The second-order valence-corrected chi connectivity index (χ2v) is 5.89. The van der Waals surface area contributed by atoms with Crippen LogP contribution in [0.2, 0.25) is 0 Å². The zero-order chi connectivity index (χ0) is 17.1. The maximum Gasteiger partial charge on any atom is 0.268 e. The van der Waals surface area contributed by atoms with E-state index in [-0.39, 0.29) is 5.91 Å². The van der Waals surface area contributed by atoms with Crippen LogP contribution in [0.3, 0.4) is 0 Å². The average molecular weight is 330 g/mol. The van der Waals surface area contributed by atoms with E-state index >= 15 is 0 Å². The van der Waals surface area contributed by atoms with Gasteiger partial charge in [0, 0.05) is 12.7 Å². The van der Waals surface area contributed by atoms with Gasteiger partial charge in [-0.15, -0.1) is 0 Å². The first-order valence-corrected chi connectivity index (χ1v) is 8.20. The third kappa shape index (κ3) is 3.30. The standard InChI is InChI=1S/C20H18N4O/c25-20(21-13-19-22-16-9-4-5-10-17(16)23-19)18-11-6-12-24(18)14-15-7-2-1-3-8-15/h1-12H,13-14H2,(H,21,25)(H,22,23). The fourth-order valence-corrected chi connectivity index (χ4v) is 2.88. The van der Waals surface area contributed by atoms with Crippen molar-refractivity contribution in [3.05, 3.63) is 90.0 Å².